The fourth-order valence-corrected chi connectivity index (χ4v) is 2.83. The van der Waals surface area contributed by atoms with Crippen LogP contribution in [0.4, 0.5) is 0 Å². The highest BCUT2D eigenvalue weighted by Gasteiger charge is 2.47. The molecule has 1 aliphatic carbocycles. The zero-order chi connectivity index (χ0) is 16.8. The number of nitrogens with one attached hydrogen (secondary N) is 1. The van der Waals surface area contributed by atoms with Crippen LogP contribution in [0.3, 0.4) is 0 Å². The predicted octanol–water partition coefficient (Wildman–Crippen LogP) is 3.46. The van der Waals surface area contributed by atoms with E-state index >= 15 is 0 Å². The van der Waals surface area contributed by atoms with E-state index in [1.54, 1.807) is 6.92 Å². The van der Waals surface area contributed by atoms with Crippen molar-refractivity contribution in [2.24, 2.45) is 5.92 Å². The van der Waals surface area contributed by atoms with Crippen LogP contribution in [0.1, 0.15) is 73.1 Å². The van der Waals surface area contributed by atoms with Crippen LogP contribution in [0.2, 0.25) is 0 Å². The van der Waals surface area contributed by atoms with Gasteiger partial charge in [0.25, 0.3) is 5.91 Å². The van der Waals surface area contributed by atoms with Gasteiger partial charge in [0.1, 0.15) is 17.1 Å². The summed E-state index contributed by atoms with van der Waals surface area (Å²) in [5, 5.41) is 7.14. The summed E-state index contributed by atoms with van der Waals surface area (Å²) in [6.07, 6.45) is 2.10. The molecule has 0 spiro atoms. The van der Waals surface area contributed by atoms with Gasteiger partial charge < -0.3 is 14.3 Å². The molecule has 1 unspecified atom stereocenters. The van der Waals surface area contributed by atoms with Crippen LogP contribution in [0.5, 0.6) is 0 Å². The molecular formula is C17H23N3O3. The molecule has 1 saturated carbocycles. The Balaban J connectivity index is 1.87. The van der Waals surface area contributed by atoms with Crippen LogP contribution in [-0.4, -0.2) is 16.0 Å². The molecule has 1 aliphatic rings. The number of aryl methyl sites for hydroxylation is 2. The largest absolute Gasteiger partial charge is 0.465 e. The Morgan fingerprint density at radius 3 is 2.57 bits per heavy atom. The maximum atomic E-state index is 12.8. The lowest BCUT2D eigenvalue weighted by Gasteiger charge is -2.27. The Labute approximate surface area is 135 Å². The van der Waals surface area contributed by atoms with Gasteiger partial charge in [-0.2, -0.15) is 4.98 Å². The summed E-state index contributed by atoms with van der Waals surface area (Å²) < 4.78 is 10.8. The lowest BCUT2D eigenvalue weighted by molar-refractivity contribution is 0.0883. The fraction of sp³-hybridized carbons (Fsp3) is 0.588. The molecule has 3 rings (SSSR count). The standard InChI is InChI=1S/C17H23N3O3/c1-9(2)14-8-13(10(3)22-14)15(21)19-17(5,12-6-7-12)16-18-11(4)23-20-16/h8-9,12H,6-7H2,1-5H3,(H,19,21). The molecular weight excluding hydrogens is 294 g/mol. The van der Waals surface area contributed by atoms with Crippen LogP contribution in [0.25, 0.3) is 0 Å². The van der Waals surface area contributed by atoms with Crippen molar-refractivity contribution in [3.8, 4) is 0 Å². The Morgan fingerprint density at radius 1 is 1.39 bits per heavy atom. The van der Waals surface area contributed by atoms with E-state index in [-0.39, 0.29) is 11.8 Å². The maximum Gasteiger partial charge on any atom is 0.255 e. The first-order valence-electron chi connectivity index (χ1n) is 8.05. The number of nitrogens with zero attached hydrogens (tertiary/aromatic N) is 2. The Bertz CT molecular complexity index is 727. The molecule has 124 valence electrons. The minimum absolute atomic E-state index is 0.157. The molecule has 6 heteroatoms. The van der Waals surface area contributed by atoms with Crippen molar-refractivity contribution < 1.29 is 13.7 Å². The fourth-order valence-electron chi connectivity index (χ4n) is 2.83. The first-order chi connectivity index (χ1) is 10.8. The van der Waals surface area contributed by atoms with Crippen molar-refractivity contribution in [3.05, 3.63) is 34.9 Å². The van der Waals surface area contributed by atoms with Gasteiger partial charge in [0.15, 0.2) is 5.82 Å². The van der Waals surface area contributed by atoms with Crippen LogP contribution in [0.15, 0.2) is 15.0 Å². The summed E-state index contributed by atoms with van der Waals surface area (Å²) in [6, 6.07) is 1.82. The number of aromatic nitrogens is 2. The van der Waals surface area contributed by atoms with Gasteiger partial charge >= 0.3 is 0 Å². The quantitative estimate of drug-likeness (QED) is 0.913. The van der Waals surface area contributed by atoms with Crippen molar-refractivity contribution >= 4 is 5.91 Å². The third-order valence-corrected chi connectivity index (χ3v) is 4.51. The van der Waals surface area contributed by atoms with E-state index in [0.29, 0.717) is 29.0 Å². The number of carbonyl (C=O) groups is 1. The van der Waals surface area contributed by atoms with Gasteiger partial charge in [0.05, 0.1) is 5.56 Å². The van der Waals surface area contributed by atoms with E-state index in [0.717, 1.165) is 18.6 Å². The molecule has 1 N–H and O–H groups in total. The van der Waals surface area contributed by atoms with E-state index in [1.165, 1.54) is 0 Å². The maximum absolute atomic E-state index is 12.8. The number of amides is 1. The lowest BCUT2D eigenvalue weighted by atomic mass is 9.94. The third kappa shape index (κ3) is 2.90. The molecule has 0 radical (unpaired) electrons. The highest BCUT2D eigenvalue weighted by atomic mass is 16.5. The molecule has 2 aromatic heterocycles. The van der Waals surface area contributed by atoms with Gasteiger partial charge in [-0.05, 0) is 38.7 Å². The first-order valence-corrected chi connectivity index (χ1v) is 8.05. The molecule has 2 aromatic rings. The lowest BCUT2D eigenvalue weighted by Crippen LogP contribution is -2.46. The van der Waals surface area contributed by atoms with E-state index in [9.17, 15) is 4.79 Å². The minimum atomic E-state index is -0.615. The second-order valence-corrected chi connectivity index (χ2v) is 6.84. The molecule has 23 heavy (non-hydrogen) atoms. The van der Waals surface area contributed by atoms with E-state index in [2.05, 4.69) is 15.5 Å². The summed E-state index contributed by atoms with van der Waals surface area (Å²) in [4.78, 5) is 17.1. The van der Waals surface area contributed by atoms with E-state index < -0.39 is 5.54 Å². The van der Waals surface area contributed by atoms with Gasteiger partial charge in [0, 0.05) is 12.8 Å². The Morgan fingerprint density at radius 2 is 2.09 bits per heavy atom. The molecule has 1 atom stereocenters. The average Bonchev–Trinajstić information content (AvgIpc) is 3.13. The summed E-state index contributed by atoms with van der Waals surface area (Å²) in [5.41, 5.74) is -0.0444. The molecule has 0 bridgehead atoms. The van der Waals surface area contributed by atoms with Gasteiger partial charge in [-0.3, -0.25) is 4.79 Å². The first kappa shape index (κ1) is 15.8. The van der Waals surface area contributed by atoms with Gasteiger partial charge in [-0.15, -0.1) is 0 Å². The van der Waals surface area contributed by atoms with Gasteiger partial charge in [-0.25, -0.2) is 0 Å². The molecule has 2 heterocycles. The number of hydrogen-bond acceptors (Lipinski definition) is 5. The average molecular weight is 317 g/mol. The molecule has 0 aromatic carbocycles. The number of hydrogen-bond donors (Lipinski definition) is 1. The molecule has 0 saturated heterocycles. The second kappa shape index (κ2) is 5.51. The van der Waals surface area contributed by atoms with E-state index in [1.807, 2.05) is 33.8 Å². The van der Waals surface area contributed by atoms with Crippen LogP contribution < -0.4 is 5.32 Å². The Kier molecular flexibility index (Phi) is 3.78. The van der Waals surface area contributed by atoms with Crippen LogP contribution in [0, 0.1) is 19.8 Å². The summed E-state index contributed by atoms with van der Waals surface area (Å²) in [6.45, 7) is 9.60. The van der Waals surface area contributed by atoms with Crippen molar-refractivity contribution in [2.75, 3.05) is 0 Å². The highest BCUT2D eigenvalue weighted by Crippen LogP contribution is 2.44. The Hall–Kier alpha value is -2.11. The molecule has 1 fully saturated rings. The SMILES string of the molecule is Cc1nc(C(C)(NC(=O)c2cc(C(C)C)oc2C)C2CC2)no1. The number of carbonyl (C=O) groups excluding carboxylic acids is 1. The summed E-state index contributed by atoms with van der Waals surface area (Å²) >= 11 is 0. The van der Waals surface area contributed by atoms with E-state index in [4.69, 9.17) is 8.94 Å². The molecule has 1 amide bonds. The predicted molar refractivity (Wildman–Crippen MR) is 84.1 cm³/mol. The molecule has 6 nitrogen and oxygen atoms in total. The second-order valence-electron chi connectivity index (χ2n) is 6.84. The number of furan rings is 1. The van der Waals surface area contributed by atoms with Crippen molar-refractivity contribution in [2.45, 2.75) is 58.9 Å². The summed E-state index contributed by atoms with van der Waals surface area (Å²) in [7, 11) is 0. The smallest absolute Gasteiger partial charge is 0.255 e. The topological polar surface area (TPSA) is 81.2 Å². The van der Waals surface area contributed by atoms with Crippen LogP contribution >= 0.6 is 0 Å². The zero-order valence-electron chi connectivity index (χ0n) is 14.3. The normalized spacial score (nSPS) is 17.3. The highest BCUT2D eigenvalue weighted by molar-refractivity contribution is 5.95. The van der Waals surface area contributed by atoms with Crippen molar-refractivity contribution in [3.63, 3.8) is 0 Å². The van der Waals surface area contributed by atoms with Gasteiger partial charge in [-0.1, -0.05) is 19.0 Å². The van der Waals surface area contributed by atoms with Gasteiger partial charge in [0.2, 0.25) is 5.89 Å². The van der Waals surface area contributed by atoms with Crippen LogP contribution in [-0.2, 0) is 5.54 Å². The molecule has 0 aliphatic heterocycles. The summed E-state index contributed by atoms with van der Waals surface area (Å²) in [5.74, 6) is 2.91. The van der Waals surface area contributed by atoms with Crippen molar-refractivity contribution in [1.82, 2.24) is 15.5 Å². The third-order valence-electron chi connectivity index (χ3n) is 4.51. The number of rotatable bonds is 5. The monoisotopic (exact) mass is 317 g/mol. The minimum Gasteiger partial charge on any atom is -0.465 e. The van der Waals surface area contributed by atoms with Crippen molar-refractivity contribution in [1.29, 1.82) is 0 Å². The zero-order valence-corrected chi connectivity index (χ0v) is 14.3.